The molecular weight excluding hydrogens is 487 g/mol. The van der Waals surface area contributed by atoms with Gasteiger partial charge in [-0.15, -0.1) is 0 Å². The average molecular weight is 501 g/mol. The number of phenolic OH excluding ortho intramolecular Hbond substituents is 3. The van der Waals surface area contributed by atoms with E-state index in [1.54, 1.807) is 12.1 Å². The fraction of sp³-hybridized carbons (Fsp3) is 0.0833. The monoisotopic (exact) mass is 500 g/mol. The Morgan fingerprint density at radius 1 is 0.882 bits per heavy atom. The summed E-state index contributed by atoms with van der Waals surface area (Å²) in [7, 11) is 0. The van der Waals surface area contributed by atoms with Crippen molar-refractivity contribution < 1.29 is 34.4 Å². The number of carbonyl (C=O) groups is 1. The zero-order valence-electron chi connectivity index (χ0n) is 17.0. The number of fused-ring (bicyclic) bond motifs is 3. The van der Waals surface area contributed by atoms with Gasteiger partial charge in [-0.1, -0.05) is 29.3 Å². The van der Waals surface area contributed by atoms with E-state index >= 15 is 0 Å². The second-order valence-corrected chi connectivity index (χ2v) is 8.56. The fourth-order valence-electron chi connectivity index (χ4n) is 4.09. The minimum absolute atomic E-state index is 0.0365. The number of aromatic hydroxyl groups is 4. The van der Waals surface area contributed by atoms with Gasteiger partial charge in [-0.25, -0.2) is 0 Å². The van der Waals surface area contributed by atoms with Crippen LogP contribution in [0.25, 0.3) is 22.3 Å². The molecule has 1 atom stereocenters. The molecule has 0 aliphatic carbocycles. The topological polar surface area (TPSA) is 137 Å². The predicted molar refractivity (Wildman–Crippen MR) is 123 cm³/mol. The van der Waals surface area contributed by atoms with E-state index in [-0.39, 0.29) is 45.0 Å². The third-order valence-corrected chi connectivity index (χ3v) is 6.20. The minimum Gasteiger partial charge on any atom is -0.507 e. The number of halogens is 2. The van der Waals surface area contributed by atoms with Gasteiger partial charge in [-0.2, -0.15) is 0 Å². The Balaban J connectivity index is 1.87. The van der Waals surface area contributed by atoms with Crippen molar-refractivity contribution >= 4 is 40.1 Å². The van der Waals surface area contributed by atoms with E-state index in [4.69, 9.17) is 32.4 Å². The van der Waals surface area contributed by atoms with Crippen LogP contribution in [-0.2, 0) is 4.79 Å². The summed E-state index contributed by atoms with van der Waals surface area (Å²) < 4.78 is 11.2. The van der Waals surface area contributed by atoms with E-state index in [9.17, 15) is 30.0 Å². The molecule has 34 heavy (non-hydrogen) atoms. The van der Waals surface area contributed by atoms with Crippen LogP contribution in [0.3, 0.4) is 0 Å². The van der Waals surface area contributed by atoms with Gasteiger partial charge in [0.25, 0.3) is 0 Å². The van der Waals surface area contributed by atoms with E-state index in [0.717, 1.165) is 18.2 Å². The molecule has 0 amide bonds. The van der Waals surface area contributed by atoms with Crippen molar-refractivity contribution in [2.24, 2.45) is 0 Å². The number of benzene rings is 3. The first-order chi connectivity index (χ1) is 16.2. The Kier molecular flexibility index (Phi) is 5.07. The van der Waals surface area contributed by atoms with Crippen LogP contribution in [0.5, 0.6) is 28.7 Å². The van der Waals surface area contributed by atoms with Crippen molar-refractivity contribution in [2.45, 2.75) is 12.3 Å². The second-order valence-electron chi connectivity index (χ2n) is 7.72. The van der Waals surface area contributed by atoms with Gasteiger partial charge in [0.05, 0.1) is 6.42 Å². The Bertz CT molecular complexity index is 1570. The van der Waals surface area contributed by atoms with Crippen molar-refractivity contribution in [3.05, 3.63) is 73.9 Å². The lowest BCUT2D eigenvalue weighted by molar-refractivity contribution is -0.135. The van der Waals surface area contributed by atoms with Crippen LogP contribution in [0.2, 0.25) is 10.0 Å². The van der Waals surface area contributed by atoms with Crippen LogP contribution in [0.1, 0.15) is 23.5 Å². The molecule has 0 unspecified atom stereocenters. The van der Waals surface area contributed by atoms with Crippen LogP contribution >= 0.6 is 23.2 Å². The smallest absolute Gasteiger partial charge is 0.312 e. The molecule has 10 heteroatoms. The normalized spacial score (nSPS) is 15.2. The quantitative estimate of drug-likeness (QED) is 0.171. The summed E-state index contributed by atoms with van der Waals surface area (Å²) in [6.07, 6.45) is -0.145. The Hall–Kier alpha value is -3.88. The average Bonchev–Trinajstić information content (AvgIpc) is 2.77. The number of rotatable bonds is 2. The molecule has 0 spiro atoms. The van der Waals surface area contributed by atoms with E-state index in [0.29, 0.717) is 10.6 Å². The highest BCUT2D eigenvalue weighted by Crippen LogP contribution is 2.48. The molecule has 172 valence electrons. The van der Waals surface area contributed by atoms with E-state index < -0.39 is 40.3 Å². The van der Waals surface area contributed by atoms with Gasteiger partial charge in [0, 0.05) is 33.2 Å². The molecule has 0 fully saturated rings. The third kappa shape index (κ3) is 3.39. The molecule has 8 nitrogen and oxygen atoms in total. The lowest BCUT2D eigenvalue weighted by Crippen LogP contribution is -2.22. The molecular formula is C24H14Cl2O8. The maximum atomic E-state index is 13.1. The van der Waals surface area contributed by atoms with Crippen molar-refractivity contribution in [2.75, 3.05) is 0 Å². The Labute approximate surface area is 200 Å². The van der Waals surface area contributed by atoms with Crippen LogP contribution in [0.15, 0.2) is 51.7 Å². The molecule has 1 aromatic heterocycles. The Morgan fingerprint density at radius 2 is 1.65 bits per heavy atom. The van der Waals surface area contributed by atoms with E-state index in [1.807, 2.05) is 0 Å². The first kappa shape index (κ1) is 21.9. The van der Waals surface area contributed by atoms with E-state index in [2.05, 4.69) is 0 Å². The largest absolute Gasteiger partial charge is 0.507 e. The van der Waals surface area contributed by atoms with Gasteiger partial charge in [0.1, 0.15) is 22.5 Å². The summed E-state index contributed by atoms with van der Waals surface area (Å²) >= 11 is 12.4. The highest BCUT2D eigenvalue weighted by molar-refractivity contribution is 6.35. The summed E-state index contributed by atoms with van der Waals surface area (Å²) in [5.74, 6) is -3.97. The molecule has 0 radical (unpaired) electrons. The number of ether oxygens (including phenoxy) is 1. The molecule has 5 rings (SSSR count). The summed E-state index contributed by atoms with van der Waals surface area (Å²) in [5, 5.41) is 40.9. The predicted octanol–water partition coefficient (Wildman–Crippen LogP) is 5.03. The molecule has 4 aromatic rings. The maximum Gasteiger partial charge on any atom is 0.312 e. The number of esters is 1. The SMILES string of the molecule is O=C1C[C@H](c2ccc(Cl)cc2Cl)c2c(cc(O)c3c(=O)c(O)c(-c4ccc(O)c(O)c4)oc23)O1. The van der Waals surface area contributed by atoms with Gasteiger partial charge in [0.15, 0.2) is 17.3 Å². The maximum absolute atomic E-state index is 13.1. The summed E-state index contributed by atoms with van der Waals surface area (Å²) in [6, 6.07) is 9.42. The lowest BCUT2D eigenvalue weighted by atomic mass is 9.85. The number of hydrogen-bond donors (Lipinski definition) is 4. The van der Waals surface area contributed by atoms with Crippen molar-refractivity contribution in [1.82, 2.24) is 0 Å². The summed E-state index contributed by atoms with van der Waals surface area (Å²) in [4.78, 5) is 25.4. The fourth-order valence-corrected chi connectivity index (χ4v) is 4.63. The summed E-state index contributed by atoms with van der Waals surface area (Å²) in [5.41, 5.74) is -0.225. The molecule has 2 heterocycles. The zero-order chi connectivity index (χ0) is 24.3. The molecule has 0 saturated heterocycles. The molecule has 4 N–H and O–H groups in total. The van der Waals surface area contributed by atoms with Gasteiger partial charge in [-0.05, 0) is 35.9 Å². The molecule has 1 aliphatic rings. The van der Waals surface area contributed by atoms with E-state index in [1.165, 1.54) is 12.1 Å². The van der Waals surface area contributed by atoms with Gasteiger partial charge in [0.2, 0.25) is 11.2 Å². The lowest BCUT2D eigenvalue weighted by Gasteiger charge is -2.26. The van der Waals surface area contributed by atoms with Crippen molar-refractivity contribution in [3.8, 4) is 40.1 Å². The van der Waals surface area contributed by atoms with Crippen molar-refractivity contribution in [1.29, 1.82) is 0 Å². The van der Waals surface area contributed by atoms with Crippen LogP contribution in [-0.4, -0.2) is 26.4 Å². The van der Waals surface area contributed by atoms with Crippen LogP contribution in [0, 0.1) is 0 Å². The molecule has 3 aromatic carbocycles. The highest BCUT2D eigenvalue weighted by atomic mass is 35.5. The first-order valence-electron chi connectivity index (χ1n) is 9.89. The highest BCUT2D eigenvalue weighted by Gasteiger charge is 2.35. The molecule has 1 aliphatic heterocycles. The molecule has 0 saturated carbocycles. The van der Waals surface area contributed by atoms with Gasteiger partial charge >= 0.3 is 5.97 Å². The summed E-state index contributed by atoms with van der Waals surface area (Å²) in [6.45, 7) is 0. The Morgan fingerprint density at radius 3 is 2.35 bits per heavy atom. The zero-order valence-corrected chi connectivity index (χ0v) is 18.5. The molecule has 0 bridgehead atoms. The minimum atomic E-state index is -0.943. The number of phenols is 3. The first-order valence-corrected chi connectivity index (χ1v) is 10.6. The third-order valence-electron chi connectivity index (χ3n) is 5.64. The van der Waals surface area contributed by atoms with Crippen molar-refractivity contribution in [3.63, 3.8) is 0 Å². The van der Waals surface area contributed by atoms with Gasteiger partial charge < -0.3 is 29.6 Å². The van der Waals surface area contributed by atoms with Crippen LogP contribution < -0.4 is 10.2 Å². The number of hydrogen-bond acceptors (Lipinski definition) is 8. The standard InChI is InChI=1S/C24H14Cl2O8/c25-10-2-3-11(13(26)6-10)12-7-18(30)33-17-8-16(29)20-21(31)22(32)23(34-24(20)19(12)17)9-1-4-14(27)15(28)5-9/h1-6,8,12,27-29,32H,7H2/t12-/m1/s1. The second kappa shape index (κ2) is 7.86. The van der Waals surface area contributed by atoms with Gasteiger partial charge in [-0.3, -0.25) is 9.59 Å². The number of carbonyl (C=O) groups excluding carboxylic acids is 1. The van der Waals surface area contributed by atoms with Crippen LogP contribution in [0.4, 0.5) is 0 Å².